The molecule has 2 aromatic carbocycles. The summed E-state index contributed by atoms with van der Waals surface area (Å²) in [7, 11) is 1.90. The summed E-state index contributed by atoms with van der Waals surface area (Å²) < 4.78 is 16.3. The summed E-state index contributed by atoms with van der Waals surface area (Å²) in [6, 6.07) is 11.7. The Morgan fingerprint density at radius 3 is 2.68 bits per heavy atom. The van der Waals surface area contributed by atoms with Crippen molar-refractivity contribution in [3.05, 3.63) is 69.3 Å². The smallest absolute Gasteiger partial charge is 0.373 e. The largest absolute Gasteiger partial charge is 0.478 e. The highest BCUT2D eigenvalue weighted by atomic mass is 16.6. The Morgan fingerprint density at radius 2 is 2.02 bits per heavy atom. The number of nitriles is 1. The third-order valence-corrected chi connectivity index (χ3v) is 5.63. The number of carbonyl (C=O) groups is 2. The Labute approximate surface area is 232 Å². The molecule has 0 atom stereocenters. The number of aliphatic imine (C=N–C) groups is 1. The van der Waals surface area contributed by atoms with Crippen LogP contribution in [0.3, 0.4) is 0 Å². The number of nitro groups is 1. The first-order valence-corrected chi connectivity index (χ1v) is 12.1. The topological polar surface area (TPSA) is 202 Å². The molecule has 1 aliphatic rings. The monoisotopic (exact) mass is 561 g/mol. The molecule has 0 amide bonds. The van der Waals surface area contributed by atoms with Crippen LogP contribution in [-0.2, 0) is 9.53 Å². The second kappa shape index (κ2) is 12.4. The Bertz CT molecular complexity index is 1580. The van der Waals surface area contributed by atoms with Crippen molar-refractivity contribution in [3.8, 4) is 29.5 Å². The van der Waals surface area contributed by atoms with Gasteiger partial charge in [0.1, 0.15) is 29.4 Å². The zero-order chi connectivity index (χ0) is 29.5. The number of hydrogen-bond acceptors (Lipinski definition) is 13. The van der Waals surface area contributed by atoms with Crippen molar-refractivity contribution in [1.82, 2.24) is 14.9 Å². The van der Waals surface area contributed by atoms with Crippen LogP contribution in [0.4, 0.5) is 11.5 Å². The van der Waals surface area contributed by atoms with E-state index in [0.29, 0.717) is 6.54 Å². The number of esters is 1. The predicted molar refractivity (Wildman–Crippen MR) is 143 cm³/mol. The van der Waals surface area contributed by atoms with Crippen LogP contribution in [0.1, 0.15) is 28.4 Å². The van der Waals surface area contributed by atoms with Crippen LogP contribution in [0.25, 0.3) is 0 Å². The molecule has 0 saturated carbocycles. The molecule has 0 saturated heterocycles. The molecule has 210 valence electrons. The number of aromatic carboxylic acids is 1. The van der Waals surface area contributed by atoms with Crippen LogP contribution in [-0.4, -0.2) is 76.0 Å². The second-order valence-electron chi connectivity index (χ2n) is 8.41. The number of benzene rings is 2. The van der Waals surface area contributed by atoms with Gasteiger partial charge in [-0.2, -0.15) is 15.2 Å². The van der Waals surface area contributed by atoms with Crippen LogP contribution in [0.2, 0.25) is 0 Å². The van der Waals surface area contributed by atoms with E-state index in [-0.39, 0.29) is 29.2 Å². The van der Waals surface area contributed by atoms with Crippen LogP contribution >= 0.6 is 0 Å². The number of hydrogen-bond donors (Lipinski definition) is 2. The van der Waals surface area contributed by atoms with Crippen LogP contribution in [0.5, 0.6) is 23.4 Å². The average Bonchev–Trinajstić information content (AvgIpc) is 3.37. The maximum atomic E-state index is 12.1. The zero-order valence-corrected chi connectivity index (χ0v) is 21.9. The van der Waals surface area contributed by atoms with Crippen molar-refractivity contribution in [3.63, 3.8) is 0 Å². The molecular formula is C26H23N7O8. The molecule has 1 aromatic heterocycles. The van der Waals surface area contributed by atoms with E-state index in [1.807, 2.05) is 24.1 Å². The summed E-state index contributed by atoms with van der Waals surface area (Å²) in [4.78, 5) is 49.5. The van der Waals surface area contributed by atoms with Gasteiger partial charge in [-0.1, -0.05) is 12.1 Å². The fourth-order valence-electron chi connectivity index (χ4n) is 3.79. The van der Waals surface area contributed by atoms with Crippen molar-refractivity contribution >= 4 is 29.3 Å². The Morgan fingerprint density at radius 1 is 1.22 bits per heavy atom. The Balaban J connectivity index is 1.79. The quantitative estimate of drug-likeness (QED) is 0.196. The maximum Gasteiger partial charge on any atom is 0.373 e. The number of nitrogens with one attached hydrogen (secondary N) is 1. The lowest BCUT2D eigenvalue weighted by atomic mass is 10.1. The molecule has 1 aliphatic heterocycles. The molecule has 0 aliphatic carbocycles. The van der Waals surface area contributed by atoms with Gasteiger partial charge in [-0.3, -0.25) is 19.9 Å². The van der Waals surface area contributed by atoms with Gasteiger partial charge in [-0.15, -0.1) is 0 Å². The summed E-state index contributed by atoms with van der Waals surface area (Å²) >= 11 is 0. The molecule has 3 aromatic rings. The minimum absolute atomic E-state index is 0.0375. The number of nitrogens with zero attached hydrogens (tertiary/aromatic N) is 6. The molecule has 15 nitrogen and oxygen atoms in total. The number of aromatic nitrogens is 2. The molecule has 2 heterocycles. The fourth-order valence-corrected chi connectivity index (χ4v) is 3.79. The van der Waals surface area contributed by atoms with Crippen LogP contribution in [0, 0.1) is 21.4 Å². The van der Waals surface area contributed by atoms with E-state index in [9.17, 15) is 30.1 Å². The first-order valence-electron chi connectivity index (χ1n) is 12.1. The van der Waals surface area contributed by atoms with Crippen molar-refractivity contribution in [2.24, 2.45) is 4.99 Å². The number of carbonyl (C=O) groups excluding carboxylic acids is 1. The van der Waals surface area contributed by atoms with Gasteiger partial charge in [0.25, 0.3) is 0 Å². The summed E-state index contributed by atoms with van der Waals surface area (Å²) in [5.41, 5.74) is -0.401. The van der Waals surface area contributed by atoms with Gasteiger partial charge >= 0.3 is 29.5 Å². The highest BCUT2D eigenvalue weighted by Gasteiger charge is 2.30. The van der Waals surface area contributed by atoms with Crippen molar-refractivity contribution in [1.29, 1.82) is 5.26 Å². The third-order valence-electron chi connectivity index (χ3n) is 5.63. The molecule has 41 heavy (non-hydrogen) atoms. The fraction of sp³-hybridized carbons (Fsp3) is 0.231. The summed E-state index contributed by atoms with van der Waals surface area (Å²) in [5, 5.41) is 33.5. The van der Waals surface area contributed by atoms with E-state index in [1.165, 1.54) is 6.07 Å². The van der Waals surface area contributed by atoms with Gasteiger partial charge in [0.15, 0.2) is 0 Å². The number of ether oxygens (including phenoxy) is 3. The van der Waals surface area contributed by atoms with Crippen molar-refractivity contribution < 1.29 is 33.8 Å². The lowest BCUT2D eigenvalue weighted by Gasteiger charge is -2.15. The lowest BCUT2D eigenvalue weighted by Crippen LogP contribution is -2.23. The predicted octanol–water partition coefficient (Wildman–Crippen LogP) is 3.21. The first-order chi connectivity index (χ1) is 19.7. The van der Waals surface area contributed by atoms with Crippen LogP contribution < -0.4 is 14.8 Å². The lowest BCUT2D eigenvalue weighted by molar-refractivity contribution is -0.385. The van der Waals surface area contributed by atoms with Gasteiger partial charge in [-0.25, -0.2) is 4.79 Å². The maximum absolute atomic E-state index is 12.1. The van der Waals surface area contributed by atoms with Gasteiger partial charge in [0, 0.05) is 19.2 Å². The summed E-state index contributed by atoms with van der Waals surface area (Å²) in [6.45, 7) is 2.59. The molecule has 0 radical (unpaired) electrons. The van der Waals surface area contributed by atoms with Gasteiger partial charge in [0.2, 0.25) is 5.82 Å². The Kier molecular flexibility index (Phi) is 8.53. The van der Waals surface area contributed by atoms with E-state index in [1.54, 1.807) is 25.1 Å². The third kappa shape index (κ3) is 6.63. The van der Waals surface area contributed by atoms with Gasteiger partial charge < -0.3 is 29.5 Å². The van der Waals surface area contributed by atoms with Crippen molar-refractivity contribution in [2.45, 2.75) is 6.92 Å². The average molecular weight is 562 g/mol. The van der Waals surface area contributed by atoms with E-state index < -0.39 is 46.8 Å². The molecule has 15 heteroatoms. The van der Waals surface area contributed by atoms with E-state index >= 15 is 0 Å². The summed E-state index contributed by atoms with van der Waals surface area (Å²) in [5.74, 6) is -2.64. The van der Waals surface area contributed by atoms with Crippen LogP contribution in [0.15, 0.2) is 47.5 Å². The number of carboxylic acid groups (broad SMARTS) is 1. The number of carboxylic acids is 1. The molecule has 2 N–H and O–H groups in total. The zero-order valence-electron chi connectivity index (χ0n) is 21.9. The SMILES string of the molecule is CCOC(=O)CNc1nc(Oc2cccc(C3=NCCN3C)c2)nc(Oc2cc(C#N)ccc2C(=O)O)c1[N+](=O)[O-]. The normalized spacial score (nSPS) is 12.2. The van der Waals surface area contributed by atoms with Crippen molar-refractivity contribution in [2.75, 3.05) is 38.6 Å². The highest BCUT2D eigenvalue weighted by molar-refractivity contribution is 5.99. The minimum atomic E-state index is -1.41. The molecular weight excluding hydrogens is 538 g/mol. The van der Waals surface area contributed by atoms with E-state index in [4.69, 9.17) is 14.2 Å². The van der Waals surface area contributed by atoms with E-state index in [0.717, 1.165) is 30.1 Å². The van der Waals surface area contributed by atoms with Gasteiger partial charge in [0.05, 0.1) is 29.7 Å². The standard InChI is InChI=1S/C26H23N7O8/c1-3-39-20(34)14-29-22-21(33(37)38)24(41-19-11-15(13-27)7-8-18(19)25(35)36)31-26(30-22)40-17-6-4-5-16(12-17)23-28-9-10-32(23)2/h4-8,11-12H,3,9-10,14H2,1-2H3,(H,35,36)(H,29,30,31). The minimum Gasteiger partial charge on any atom is -0.478 e. The first kappa shape index (κ1) is 28.2. The van der Waals surface area contributed by atoms with Gasteiger partial charge in [-0.05, 0) is 37.3 Å². The number of likely N-dealkylation sites (N-methyl/N-ethyl adjacent to an activating group) is 1. The molecule has 0 fully saturated rings. The summed E-state index contributed by atoms with van der Waals surface area (Å²) in [6.07, 6.45) is 0. The molecule has 0 unspecified atom stereocenters. The van der Waals surface area contributed by atoms with E-state index in [2.05, 4.69) is 20.3 Å². The number of rotatable bonds is 11. The highest BCUT2D eigenvalue weighted by Crippen LogP contribution is 2.38. The number of amidine groups is 1. The molecule has 4 rings (SSSR count). The molecule has 0 spiro atoms. The molecule has 0 bridgehead atoms. The second-order valence-corrected chi connectivity index (χ2v) is 8.41. The Hall–Kier alpha value is -5.78. The number of anilines is 1.